The number of rotatable bonds is 4. The molecule has 0 fully saturated rings. The zero-order valence-corrected chi connectivity index (χ0v) is 15.5. The van der Waals surface area contributed by atoms with Gasteiger partial charge in [0.15, 0.2) is 0 Å². The molecule has 0 N–H and O–H groups in total. The van der Waals surface area contributed by atoms with Gasteiger partial charge in [0.25, 0.3) is 0 Å². The van der Waals surface area contributed by atoms with Gasteiger partial charge in [0.1, 0.15) is 0 Å². The maximum atomic E-state index is 12.9. The minimum atomic E-state index is -4.43. The number of halogens is 4. The van der Waals surface area contributed by atoms with E-state index < -0.39 is 11.7 Å². The molecule has 0 unspecified atom stereocenters. The van der Waals surface area contributed by atoms with Crippen LogP contribution in [-0.4, -0.2) is 10.4 Å². The Hall–Kier alpha value is -2.53. The van der Waals surface area contributed by atoms with Gasteiger partial charge < -0.3 is 4.57 Å². The topological polar surface area (TPSA) is 22.0 Å². The molecule has 0 aliphatic heterocycles. The Kier molecular flexibility index (Phi) is 5.16. The molecule has 1 aromatic heterocycles. The van der Waals surface area contributed by atoms with Crippen molar-refractivity contribution < 1.29 is 18.0 Å². The molecule has 0 aliphatic rings. The number of aromatic nitrogens is 1. The van der Waals surface area contributed by atoms with Gasteiger partial charge in [-0.25, -0.2) is 0 Å². The summed E-state index contributed by atoms with van der Waals surface area (Å²) >= 11 is 6.22. The molecule has 3 rings (SSSR count). The summed E-state index contributed by atoms with van der Waals surface area (Å²) in [5.41, 5.74) is 2.50. The van der Waals surface area contributed by atoms with Crippen LogP contribution in [0.1, 0.15) is 38.4 Å². The first-order valence-electron chi connectivity index (χ1n) is 8.29. The molecule has 3 aromatic rings. The average molecular weight is 392 g/mol. The zero-order chi connectivity index (χ0) is 19.8. The normalized spacial score (nSPS) is 11.6. The van der Waals surface area contributed by atoms with Gasteiger partial charge in [-0.15, -0.1) is 0 Å². The third-order valence-electron chi connectivity index (χ3n) is 4.54. The van der Waals surface area contributed by atoms with Crippen molar-refractivity contribution >= 4 is 17.4 Å². The molecule has 0 amide bonds. The number of carbonyl (C=O) groups is 1. The van der Waals surface area contributed by atoms with E-state index >= 15 is 0 Å². The molecule has 0 saturated carbocycles. The number of carbonyl (C=O) groups excluding carboxylic acids is 1. The first kappa shape index (κ1) is 19.2. The fourth-order valence-corrected chi connectivity index (χ4v) is 3.31. The lowest BCUT2D eigenvalue weighted by Crippen LogP contribution is -2.11. The fourth-order valence-electron chi connectivity index (χ4n) is 3.11. The van der Waals surface area contributed by atoms with Crippen LogP contribution < -0.4 is 0 Å². The second-order valence-electron chi connectivity index (χ2n) is 6.40. The molecule has 27 heavy (non-hydrogen) atoms. The van der Waals surface area contributed by atoms with E-state index in [1.54, 1.807) is 17.7 Å². The molecular weight excluding hydrogens is 375 g/mol. The van der Waals surface area contributed by atoms with Crippen LogP contribution >= 0.6 is 11.6 Å². The maximum Gasteiger partial charge on any atom is 0.416 e. The van der Waals surface area contributed by atoms with Crippen LogP contribution in [0, 0.1) is 6.92 Å². The predicted molar refractivity (Wildman–Crippen MR) is 99.3 cm³/mol. The fraction of sp³-hybridized carbons (Fsp3) is 0.190. The van der Waals surface area contributed by atoms with E-state index in [2.05, 4.69) is 0 Å². The van der Waals surface area contributed by atoms with E-state index in [0.29, 0.717) is 17.1 Å². The Morgan fingerprint density at radius 2 is 1.70 bits per heavy atom. The highest BCUT2D eigenvalue weighted by atomic mass is 35.5. The van der Waals surface area contributed by atoms with E-state index in [0.717, 1.165) is 29.0 Å². The van der Waals surface area contributed by atoms with Crippen molar-refractivity contribution in [1.29, 1.82) is 0 Å². The van der Waals surface area contributed by atoms with Gasteiger partial charge in [0.2, 0.25) is 5.78 Å². The summed E-state index contributed by atoms with van der Waals surface area (Å²) in [5, 5.41) is 0.645. The Morgan fingerprint density at radius 1 is 1.07 bits per heavy atom. The summed E-state index contributed by atoms with van der Waals surface area (Å²) in [6.45, 7) is 1.81. The summed E-state index contributed by atoms with van der Waals surface area (Å²) < 4.78 is 39.9. The number of hydrogen-bond acceptors (Lipinski definition) is 1. The van der Waals surface area contributed by atoms with Crippen molar-refractivity contribution in [2.24, 2.45) is 7.05 Å². The average Bonchev–Trinajstić information content (AvgIpc) is 2.89. The number of benzene rings is 2. The Morgan fingerprint density at radius 3 is 2.30 bits per heavy atom. The third kappa shape index (κ3) is 3.93. The van der Waals surface area contributed by atoms with Crippen molar-refractivity contribution in [2.75, 3.05) is 0 Å². The van der Waals surface area contributed by atoms with Gasteiger partial charge in [-0.1, -0.05) is 41.9 Å². The van der Waals surface area contributed by atoms with Crippen LogP contribution in [-0.2, 0) is 19.6 Å². The van der Waals surface area contributed by atoms with Gasteiger partial charge in [-0.2, -0.15) is 13.2 Å². The summed E-state index contributed by atoms with van der Waals surface area (Å²) in [4.78, 5) is 12.9. The molecule has 0 radical (unpaired) electrons. The number of hydrogen-bond donors (Lipinski definition) is 0. The molecule has 2 nitrogen and oxygen atoms in total. The molecule has 0 atom stereocenters. The first-order valence-corrected chi connectivity index (χ1v) is 8.67. The first-order chi connectivity index (χ1) is 12.7. The molecule has 2 aromatic carbocycles. The molecule has 1 heterocycles. The van der Waals surface area contributed by atoms with Crippen LogP contribution in [0.2, 0.25) is 5.02 Å². The number of aryl methyl sites for hydroxylation is 1. The Labute approximate surface area is 160 Å². The monoisotopic (exact) mass is 391 g/mol. The highest BCUT2D eigenvalue weighted by molar-refractivity contribution is 6.31. The van der Waals surface area contributed by atoms with Crippen LogP contribution in [0.25, 0.3) is 0 Å². The number of alkyl halides is 3. The second kappa shape index (κ2) is 7.24. The van der Waals surface area contributed by atoms with E-state index in [-0.39, 0.29) is 11.3 Å². The van der Waals surface area contributed by atoms with Crippen LogP contribution in [0.4, 0.5) is 13.2 Å². The molecular formula is C21H17ClF3NO. The standard InChI is InChI=1S/C21H17ClF3NO/c1-13-11-17(12-15-5-3-4-6-18(15)22)26(2)19(13)20(27)14-7-9-16(10-8-14)21(23,24)25/h3-11H,12H2,1-2H3. The lowest BCUT2D eigenvalue weighted by molar-refractivity contribution is -0.137. The van der Waals surface area contributed by atoms with Crippen molar-refractivity contribution in [2.45, 2.75) is 19.5 Å². The van der Waals surface area contributed by atoms with E-state index in [9.17, 15) is 18.0 Å². The molecule has 6 heteroatoms. The van der Waals surface area contributed by atoms with Crippen molar-refractivity contribution in [1.82, 2.24) is 4.57 Å². The van der Waals surface area contributed by atoms with Crippen molar-refractivity contribution in [3.05, 3.63) is 93.3 Å². The van der Waals surface area contributed by atoms with Crippen LogP contribution in [0.5, 0.6) is 0 Å². The van der Waals surface area contributed by atoms with Crippen LogP contribution in [0.3, 0.4) is 0 Å². The summed E-state index contributed by atoms with van der Waals surface area (Å²) in [6.07, 6.45) is -3.87. The predicted octanol–water partition coefficient (Wildman–Crippen LogP) is 5.83. The molecule has 0 spiro atoms. The van der Waals surface area contributed by atoms with E-state index in [1.807, 2.05) is 31.2 Å². The van der Waals surface area contributed by atoms with Gasteiger partial charge in [0.05, 0.1) is 11.3 Å². The Bertz CT molecular complexity index is 988. The molecule has 0 saturated heterocycles. The lowest BCUT2D eigenvalue weighted by Gasteiger charge is -2.10. The van der Waals surface area contributed by atoms with E-state index in [4.69, 9.17) is 11.6 Å². The van der Waals surface area contributed by atoms with Gasteiger partial charge in [0, 0.05) is 29.7 Å². The smallest absolute Gasteiger partial charge is 0.344 e. The van der Waals surface area contributed by atoms with Gasteiger partial charge in [-0.3, -0.25) is 4.79 Å². The highest BCUT2D eigenvalue weighted by Gasteiger charge is 2.30. The lowest BCUT2D eigenvalue weighted by atomic mass is 10.0. The van der Waals surface area contributed by atoms with Crippen molar-refractivity contribution in [3.63, 3.8) is 0 Å². The molecule has 140 valence electrons. The van der Waals surface area contributed by atoms with Gasteiger partial charge >= 0.3 is 6.18 Å². The molecule has 0 bridgehead atoms. The number of ketones is 1. The largest absolute Gasteiger partial charge is 0.416 e. The molecule has 0 aliphatic carbocycles. The minimum Gasteiger partial charge on any atom is -0.344 e. The maximum absolute atomic E-state index is 12.9. The van der Waals surface area contributed by atoms with Gasteiger partial charge in [-0.05, 0) is 42.3 Å². The summed E-state index contributed by atoms with van der Waals surface area (Å²) in [7, 11) is 1.77. The quantitative estimate of drug-likeness (QED) is 0.513. The summed E-state index contributed by atoms with van der Waals surface area (Å²) in [6, 6.07) is 13.7. The Balaban J connectivity index is 1.92. The zero-order valence-electron chi connectivity index (χ0n) is 14.8. The highest BCUT2D eigenvalue weighted by Crippen LogP contribution is 2.30. The second-order valence-corrected chi connectivity index (χ2v) is 6.81. The van der Waals surface area contributed by atoms with Crippen molar-refractivity contribution in [3.8, 4) is 0 Å². The van der Waals surface area contributed by atoms with E-state index in [1.165, 1.54) is 12.1 Å². The third-order valence-corrected chi connectivity index (χ3v) is 4.91. The SMILES string of the molecule is Cc1cc(Cc2ccccc2Cl)n(C)c1C(=O)c1ccc(C(F)(F)F)cc1. The summed E-state index contributed by atoms with van der Waals surface area (Å²) in [5.74, 6) is -0.311. The van der Waals surface area contributed by atoms with Crippen LogP contribution in [0.15, 0.2) is 54.6 Å². The number of nitrogens with zero attached hydrogens (tertiary/aromatic N) is 1. The minimum absolute atomic E-state index is 0.219.